The number of carbonyl (C=O) groups excluding carboxylic acids is 5. The van der Waals surface area contributed by atoms with Crippen molar-refractivity contribution in [1.29, 1.82) is 0 Å². The molecule has 0 saturated carbocycles. The molecule has 526 valence electrons. The highest BCUT2D eigenvalue weighted by Crippen LogP contribution is 2.37. The van der Waals surface area contributed by atoms with E-state index in [0.29, 0.717) is 12.1 Å². The molecule has 5 N–H and O–H groups in total. The van der Waals surface area contributed by atoms with Gasteiger partial charge >= 0.3 is 35.8 Å². The summed E-state index contributed by atoms with van der Waals surface area (Å²) in [5.41, 5.74) is 3.95. The molecule has 0 bridgehead atoms. The molecule has 21 nitrogen and oxygen atoms in total. The van der Waals surface area contributed by atoms with Crippen LogP contribution in [0.4, 0.5) is 55.0 Å². The number of nitrogens with zero attached hydrogens (tertiary/aromatic N) is 6. The van der Waals surface area contributed by atoms with Crippen LogP contribution in [0, 0.1) is 34.9 Å². The molecule has 0 aliphatic carbocycles. The first-order valence-corrected chi connectivity index (χ1v) is 31.7. The second-order valence-corrected chi connectivity index (χ2v) is 22.0. The van der Waals surface area contributed by atoms with Gasteiger partial charge in [-0.25, -0.2) is 41.3 Å². The summed E-state index contributed by atoms with van der Waals surface area (Å²) in [4.78, 5) is 99.5. The highest BCUT2D eigenvalue weighted by atomic mass is 35.5. The maximum absolute atomic E-state index is 14.1. The van der Waals surface area contributed by atoms with Gasteiger partial charge in [0.15, 0.2) is 0 Å². The maximum atomic E-state index is 14.1. The van der Waals surface area contributed by atoms with E-state index < -0.39 is 87.0 Å². The standard InChI is InChI=1S/C26H27F2N3O4.C20H23ClN2O4.C19H21F2N3O4.C6H5F2N/c1-3-26(25(33)34-4-2,13-12-24(32)35-17-18-8-6-5-7-9-18)22-15-29-16-23(31-22)30-21-11-10-19(27)14-20(21)28;1-3-20(19(25)26-4-2,16-12-22-13-17(21)23-16)11-10-18(24)27-14-15-8-6-5-7-9-15;1-3-19(8-7-17(25)26,18(27)28-4-2)15-10-22-11-16(24-15)23-14-6-5-12(20)9-13(14)21;7-4-1-2-6(9)5(8)3-4/h5-11,14-16H,3-4,12-13,17H2,1-2H3,(H,30,31);5-9,12-13H,3-4,10-11,14H2,1-2H3;5-6,9-11H,3-4,7-8H2,1-2H3,(H,23,24)(H,25,26);1-3H,9H2. The van der Waals surface area contributed by atoms with E-state index in [1.54, 1.807) is 34.6 Å². The molecule has 3 aromatic heterocycles. The topological polar surface area (TPSA) is 296 Å². The Balaban J connectivity index is 0.000000253. The monoisotopic (exact) mass is 1400 g/mol. The lowest BCUT2D eigenvalue weighted by Gasteiger charge is -2.29. The van der Waals surface area contributed by atoms with Gasteiger partial charge in [-0.1, -0.05) is 93.0 Å². The van der Waals surface area contributed by atoms with Crippen molar-refractivity contribution in [3.8, 4) is 0 Å². The summed E-state index contributed by atoms with van der Waals surface area (Å²) in [6.07, 6.45) is 9.22. The number of aliphatic carboxylic acids is 1. The maximum Gasteiger partial charge on any atom is 0.318 e. The number of carboxylic acids is 1. The summed E-state index contributed by atoms with van der Waals surface area (Å²) in [5, 5.41) is 14.7. The van der Waals surface area contributed by atoms with Crippen LogP contribution >= 0.6 is 11.6 Å². The molecule has 5 aromatic carbocycles. The van der Waals surface area contributed by atoms with Crippen LogP contribution in [0.3, 0.4) is 0 Å². The normalized spacial score (nSPS) is 12.4. The van der Waals surface area contributed by atoms with E-state index >= 15 is 0 Å². The first-order chi connectivity index (χ1) is 47.4. The number of benzene rings is 5. The first-order valence-electron chi connectivity index (χ1n) is 31.3. The van der Waals surface area contributed by atoms with E-state index in [9.17, 15) is 55.1 Å². The molecule has 8 aromatic rings. The summed E-state index contributed by atoms with van der Waals surface area (Å²) >= 11 is 5.95. The summed E-state index contributed by atoms with van der Waals surface area (Å²) in [6.45, 7) is 11.2. The minimum absolute atomic E-state index is 0.000530. The summed E-state index contributed by atoms with van der Waals surface area (Å²) < 4.78 is 105. The predicted molar refractivity (Wildman–Crippen MR) is 355 cm³/mol. The van der Waals surface area contributed by atoms with Gasteiger partial charge in [0, 0.05) is 56.1 Å². The largest absolute Gasteiger partial charge is 0.481 e. The number of hydrogen-bond acceptors (Lipinski definition) is 20. The summed E-state index contributed by atoms with van der Waals surface area (Å²) in [7, 11) is 0. The molecule has 28 heteroatoms. The van der Waals surface area contributed by atoms with Crippen molar-refractivity contribution in [1.82, 2.24) is 29.9 Å². The Morgan fingerprint density at radius 3 is 1.14 bits per heavy atom. The Labute approximate surface area is 573 Å². The molecule has 3 heterocycles. The lowest BCUT2D eigenvalue weighted by Crippen LogP contribution is -2.39. The van der Waals surface area contributed by atoms with Crippen molar-refractivity contribution in [3.05, 3.63) is 221 Å². The molecule has 0 saturated heterocycles. The molecule has 3 unspecified atom stereocenters. The molecule has 3 atom stereocenters. The lowest BCUT2D eigenvalue weighted by atomic mass is 9.77. The van der Waals surface area contributed by atoms with Gasteiger partial charge in [-0.15, -0.1) is 0 Å². The van der Waals surface area contributed by atoms with Gasteiger partial charge in [-0.3, -0.25) is 43.7 Å². The number of ether oxygens (including phenoxy) is 5. The molecule has 8 rings (SSSR count). The van der Waals surface area contributed by atoms with Gasteiger partial charge < -0.3 is 45.2 Å². The van der Waals surface area contributed by atoms with E-state index in [1.807, 2.05) is 67.6 Å². The Morgan fingerprint density at radius 1 is 0.455 bits per heavy atom. The number of nitrogen functional groups attached to an aromatic ring is 1. The first kappa shape index (κ1) is 79.1. The van der Waals surface area contributed by atoms with Gasteiger partial charge in [-0.2, -0.15) is 0 Å². The highest BCUT2D eigenvalue weighted by Gasteiger charge is 2.45. The molecule has 99 heavy (non-hydrogen) atoms. The van der Waals surface area contributed by atoms with E-state index in [-0.39, 0.29) is 130 Å². The van der Waals surface area contributed by atoms with E-state index in [1.165, 1.54) is 55.4 Å². The lowest BCUT2D eigenvalue weighted by molar-refractivity contribution is -0.154. The molecule has 0 amide bonds. The number of rotatable bonds is 29. The second kappa shape index (κ2) is 39.6. The van der Waals surface area contributed by atoms with Crippen molar-refractivity contribution >= 4 is 76.1 Å². The third-order valence-electron chi connectivity index (χ3n) is 15.3. The van der Waals surface area contributed by atoms with Crippen LogP contribution in [0.25, 0.3) is 0 Å². The van der Waals surface area contributed by atoms with Crippen molar-refractivity contribution in [2.45, 2.75) is 129 Å². The van der Waals surface area contributed by atoms with Gasteiger partial charge in [0.2, 0.25) is 0 Å². The number of carboxylic acid groups (broad SMARTS) is 1. The fraction of sp³-hybridized carbons (Fsp3) is 0.324. The van der Waals surface area contributed by atoms with Crippen molar-refractivity contribution in [2.75, 3.05) is 36.2 Å². The molecule has 0 aliphatic rings. The quantitative estimate of drug-likeness (QED) is 0.0147. The van der Waals surface area contributed by atoms with Crippen LogP contribution in [0.1, 0.15) is 128 Å². The molecule has 0 radical (unpaired) electrons. The van der Waals surface area contributed by atoms with Gasteiger partial charge in [0.25, 0.3) is 0 Å². The summed E-state index contributed by atoms with van der Waals surface area (Å²) in [5.74, 6) is -7.59. The SMILES string of the molecule is CCOC(=O)C(CC)(CCC(=O)O)c1cncc(Nc2ccc(F)cc2F)n1.CCOC(=O)C(CC)(CCC(=O)OCc1ccccc1)c1cncc(Cl)n1.CCOC(=O)C(CC)(CCC(=O)OCc1ccccc1)c1cncc(Nc2ccc(F)cc2F)n1.Nc1ccc(F)cc1F. The third kappa shape index (κ3) is 23.6. The zero-order chi connectivity index (χ0) is 72.5. The third-order valence-corrected chi connectivity index (χ3v) is 15.4. The highest BCUT2D eigenvalue weighted by molar-refractivity contribution is 6.29. The number of halogens is 7. The van der Waals surface area contributed by atoms with E-state index in [0.717, 1.165) is 47.5 Å². The molecule has 0 fully saturated rings. The van der Waals surface area contributed by atoms with Crippen LogP contribution in [0.5, 0.6) is 0 Å². The second-order valence-electron chi connectivity index (χ2n) is 21.6. The Bertz CT molecular complexity index is 3970. The Hall–Kier alpha value is -10.6. The van der Waals surface area contributed by atoms with Crippen LogP contribution in [-0.2, 0) is 81.9 Å². The number of nitrogens with one attached hydrogen (secondary N) is 2. The Kier molecular flexibility index (Phi) is 31.6. The zero-order valence-corrected chi connectivity index (χ0v) is 55.9. The van der Waals surface area contributed by atoms with Gasteiger partial charge in [0.1, 0.15) is 81.2 Å². The van der Waals surface area contributed by atoms with E-state index in [2.05, 4.69) is 40.5 Å². The smallest absolute Gasteiger partial charge is 0.318 e. The van der Waals surface area contributed by atoms with Crippen LogP contribution < -0.4 is 16.4 Å². The fourth-order valence-electron chi connectivity index (χ4n) is 9.74. The number of hydrogen-bond donors (Lipinski definition) is 4. The molecular weight excluding hydrogens is 1320 g/mol. The van der Waals surface area contributed by atoms with Crippen LogP contribution in [0.2, 0.25) is 5.15 Å². The minimum atomic E-state index is -1.31. The number of esters is 5. The average Bonchev–Trinajstić information content (AvgIpc) is 0.805. The fourth-order valence-corrected chi connectivity index (χ4v) is 9.88. The number of nitrogens with two attached hydrogens (primary N) is 1. The number of aromatic nitrogens is 6. The van der Waals surface area contributed by atoms with E-state index in [4.69, 9.17) is 46.1 Å². The average molecular weight is 1400 g/mol. The predicted octanol–water partition coefficient (Wildman–Crippen LogP) is 14.2. The van der Waals surface area contributed by atoms with Gasteiger partial charge in [0.05, 0.1) is 72.6 Å². The zero-order valence-electron chi connectivity index (χ0n) is 55.2. The minimum Gasteiger partial charge on any atom is -0.481 e. The molecule has 0 spiro atoms. The van der Waals surface area contributed by atoms with Crippen molar-refractivity contribution < 1.29 is 83.9 Å². The van der Waals surface area contributed by atoms with Crippen LogP contribution in [-0.4, -0.2) is 90.6 Å². The number of anilines is 5. The van der Waals surface area contributed by atoms with Crippen LogP contribution in [0.15, 0.2) is 152 Å². The number of carbonyl (C=O) groups is 6. The molecular formula is C71H76ClF6N9O12. The van der Waals surface area contributed by atoms with Crippen molar-refractivity contribution in [2.24, 2.45) is 0 Å². The van der Waals surface area contributed by atoms with Crippen molar-refractivity contribution in [3.63, 3.8) is 0 Å². The van der Waals surface area contributed by atoms with Gasteiger partial charge in [-0.05, 0) is 107 Å². The Morgan fingerprint density at radius 2 is 0.808 bits per heavy atom. The summed E-state index contributed by atoms with van der Waals surface area (Å²) in [6, 6.07) is 27.8. The molecule has 0 aliphatic heterocycles.